The Morgan fingerprint density at radius 3 is 2.72 bits per heavy atom. The third-order valence-electron chi connectivity index (χ3n) is 2.77. The van der Waals surface area contributed by atoms with Crippen LogP contribution in [0.3, 0.4) is 0 Å². The van der Waals surface area contributed by atoms with Gasteiger partial charge in [0.25, 0.3) is 11.7 Å². The lowest BCUT2D eigenvalue weighted by molar-refractivity contribution is -0.114. The topological polar surface area (TPSA) is 37.4 Å². The quantitative estimate of drug-likeness (QED) is 0.629. The van der Waals surface area contributed by atoms with Gasteiger partial charge >= 0.3 is 0 Å². The Hall–Kier alpha value is -0.940. The molecule has 0 aromatic heterocycles. The molecule has 0 saturated carbocycles. The molecular formula is C12H10BrClFNO2. The highest BCUT2D eigenvalue weighted by molar-refractivity contribution is 9.10. The van der Waals surface area contributed by atoms with Crippen molar-refractivity contribution in [2.24, 2.45) is 5.92 Å². The standard InChI is InChI=1S/C12H10BrClFNO2/c1-6(4-14)5-16-10-3-9(15)8(13)2-7(10)11(17)12(16)18/h2-3,6H,4-5H2,1H3. The Morgan fingerprint density at radius 2 is 2.11 bits per heavy atom. The molecule has 1 unspecified atom stereocenters. The van der Waals surface area contributed by atoms with Gasteiger partial charge in [-0.05, 0) is 34.0 Å². The van der Waals surface area contributed by atoms with E-state index in [9.17, 15) is 14.0 Å². The van der Waals surface area contributed by atoms with Crippen LogP contribution in [0.1, 0.15) is 17.3 Å². The summed E-state index contributed by atoms with van der Waals surface area (Å²) >= 11 is 8.70. The molecule has 0 spiro atoms. The summed E-state index contributed by atoms with van der Waals surface area (Å²) in [5, 5.41) is 0. The van der Waals surface area contributed by atoms with Crippen LogP contribution in [0.2, 0.25) is 0 Å². The molecule has 0 N–H and O–H groups in total. The van der Waals surface area contributed by atoms with Crippen molar-refractivity contribution in [2.45, 2.75) is 6.92 Å². The van der Waals surface area contributed by atoms with Gasteiger partial charge in [0.05, 0.1) is 15.7 Å². The van der Waals surface area contributed by atoms with Gasteiger partial charge in [0.2, 0.25) is 0 Å². The van der Waals surface area contributed by atoms with E-state index in [1.54, 1.807) is 0 Å². The van der Waals surface area contributed by atoms with E-state index in [0.717, 1.165) is 0 Å². The predicted octanol–water partition coefficient (Wildman–Crippen LogP) is 2.99. The van der Waals surface area contributed by atoms with E-state index in [1.165, 1.54) is 17.0 Å². The smallest absolute Gasteiger partial charge is 0.299 e. The summed E-state index contributed by atoms with van der Waals surface area (Å²) in [5.74, 6) is -1.33. The largest absolute Gasteiger partial charge is 0.304 e. The molecule has 1 aromatic carbocycles. The van der Waals surface area contributed by atoms with Crippen LogP contribution in [0.5, 0.6) is 0 Å². The first kappa shape index (κ1) is 13.5. The fourth-order valence-electron chi connectivity index (χ4n) is 1.83. The number of fused-ring (bicyclic) bond motifs is 1. The summed E-state index contributed by atoms with van der Waals surface area (Å²) in [7, 11) is 0. The van der Waals surface area contributed by atoms with E-state index < -0.39 is 17.5 Å². The maximum absolute atomic E-state index is 13.5. The molecule has 3 nitrogen and oxygen atoms in total. The van der Waals surface area contributed by atoms with Gasteiger partial charge in [-0.2, -0.15) is 0 Å². The van der Waals surface area contributed by atoms with Crippen LogP contribution in [0.4, 0.5) is 10.1 Å². The van der Waals surface area contributed by atoms with Gasteiger partial charge in [-0.3, -0.25) is 9.59 Å². The normalized spacial score (nSPS) is 16.1. The lowest BCUT2D eigenvalue weighted by Crippen LogP contribution is -2.34. The van der Waals surface area contributed by atoms with Crippen LogP contribution in [-0.2, 0) is 4.79 Å². The van der Waals surface area contributed by atoms with Crippen molar-refractivity contribution in [1.29, 1.82) is 0 Å². The number of alkyl halides is 1. The first-order chi connectivity index (χ1) is 8.45. The number of anilines is 1. The first-order valence-electron chi connectivity index (χ1n) is 5.37. The molecule has 1 aliphatic rings. The van der Waals surface area contributed by atoms with E-state index in [4.69, 9.17) is 11.6 Å². The molecule has 0 bridgehead atoms. The van der Waals surface area contributed by atoms with E-state index in [0.29, 0.717) is 18.1 Å². The second kappa shape index (κ2) is 4.97. The van der Waals surface area contributed by atoms with Gasteiger partial charge in [-0.1, -0.05) is 6.92 Å². The molecular weight excluding hydrogens is 324 g/mol. The van der Waals surface area contributed by atoms with Gasteiger partial charge in [-0.15, -0.1) is 11.6 Å². The number of rotatable bonds is 3. The fraction of sp³-hybridized carbons (Fsp3) is 0.333. The zero-order chi connectivity index (χ0) is 13.4. The molecule has 1 aromatic rings. The Labute approximate surface area is 117 Å². The highest BCUT2D eigenvalue weighted by atomic mass is 79.9. The number of Topliss-reactive ketones (excluding diaryl/α,β-unsaturated/α-hetero) is 1. The molecule has 6 heteroatoms. The first-order valence-corrected chi connectivity index (χ1v) is 6.69. The number of hydrogen-bond acceptors (Lipinski definition) is 2. The molecule has 18 heavy (non-hydrogen) atoms. The molecule has 0 fully saturated rings. The molecule has 1 heterocycles. The van der Waals surface area contributed by atoms with Crippen molar-refractivity contribution in [1.82, 2.24) is 0 Å². The maximum atomic E-state index is 13.5. The minimum atomic E-state index is -0.625. The van der Waals surface area contributed by atoms with Gasteiger partial charge < -0.3 is 4.90 Å². The second-order valence-electron chi connectivity index (χ2n) is 4.29. The molecule has 0 radical (unpaired) electrons. The number of benzene rings is 1. The van der Waals surface area contributed by atoms with Crippen molar-refractivity contribution >= 4 is 44.9 Å². The molecule has 2 rings (SSSR count). The van der Waals surface area contributed by atoms with E-state index in [-0.39, 0.29) is 16.0 Å². The highest BCUT2D eigenvalue weighted by Gasteiger charge is 2.37. The van der Waals surface area contributed by atoms with Crippen molar-refractivity contribution < 1.29 is 14.0 Å². The minimum absolute atomic E-state index is 0.0288. The number of halogens is 3. The number of nitrogens with zero attached hydrogens (tertiary/aromatic N) is 1. The summed E-state index contributed by atoms with van der Waals surface area (Å²) in [6.45, 7) is 2.17. The lowest BCUT2D eigenvalue weighted by Gasteiger charge is -2.19. The molecule has 1 amide bonds. The zero-order valence-corrected chi connectivity index (χ0v) is 11.9. The Bertz CT molecular complexity index is 535. The Morgan fingerprint density at radius 1 is 1.44 bits per heavy atom. The van der Waals surface area contributed by atoms with Crippen LogP contribution in [0.15, 0.2) is 16.6 Å². The van der Waals surface area contributed by atoms with Gasteiger partial charge in [-0.25, -0.2) is 4.39 Å². The molecule has 0 aliphatic carbocycles. The van der Waals surface area contributed by atoms with Crippen molar-refractivity contribution in [2.75, 3.05) is 17.3 Å². The van der Waals surface area contributed by atoms with Crippen LogP contribution >= 0.6 is 27.5 Å². The molecule has 0 saturated heterocycles. The van der Waals surface area contributed by atoms with Crippen LogP contribution in [0.25, 0.3) is 0 Å². The minimum Gasteiger partial charge on any atom is -0.304 e. The van der Waals surface area contributed by atoms with Gasteiger partial charge in [0, 0.05) is 12.4 Å². The molecule has 1 atom stereocenters. The van der Waals surface area contributed by atoms with Crippen molar-refractivity contribution in [3.05, 3.63) is 28.0 Å². The summed E-state index contributed by atoms with van der Waals surface area (Å²) in [4.78, 5) is 24.9. The van der Waals surface area contributed by atoms with Crippen LogP contribution in [0, 0.1) is 11.7 Å². The van der Waals surface area contributed by atoms with Crippen molar-refractivity contribution in [3.8, 4) is 0 Å². The monoisotopic (exact) mass is 333 g/mol. The van der Waals surface area contributed by atoms with Crippen molar-refractivity contribution in [3.63, 3.8) is 0 Å². The third kappa shape index (κ3) is 2.17. The average Bonchev–Trinajstić information content (AvgIpc) is 2.56. The molecule has 96 valence electrons. The van der Waals surface area contributed by atoms with Gasteiger partial charge in [0.1, 0.15) is 5.82 Å². The Balaban J connectivity index is 2.45. The summed E-state index contributed by atoms with van der Waals surface area (Å²) in [6, 6.07) is 2.54. The van der Waals surface area contributed by atoms with E-state index >= 15 is 0 Å². The summed E-state index contributed by atoms with van der Waals surface area (Å²) in [6.07, 6.45) is 0. The fourth-order valence-corrected chi connectivity index (χ4v) is 2.27. The SMILES string of the molecule is CC(CCl)CN1C(=O)C(=O)c2cc(Br)c(F)cc21. The van der Waals surface area contributed by atoms with E-state index in [1.807, 2.05) is 6.92 Å². The Kier molecular flexibility index (Phi) is 3.73. The van der Waals surface area contributed by atoms with Crippen LogP contribution in [-0.4, -0.2) is 24.1 Å². The van der Waals surface area contributed by atoms with E-state index in [2.05, 4.69) is 15.9 Å². The summed E-state index contributed by atoms with van der Waals surface area (Å²) < 4.78 is 13.7. The number of amides is 1. The molecule has 1 aliphatic heterocycles. The maximum Gasteiger partial charge on any atom is 0.299 e. The second-order valence-corrected chi connectivity index (χ2v) is 5.45. The highest BCUT2D eigenvalue weighted by Crippen LogP contribution is 2.33. The average molecular weight is 335 g/mol. The van der Waals surface area contributed by atoms with Crippen LogP contribution < -0.4 is 4.90 Å². The third-order valence-corrected chi connectivity index (χ3v) is 3.91. The zero-order valence-electron chi connectivity index (χ0n) is 9.54. The summed E-state index contributed by atoms with van der Waals surface area (Å²) in [5.41, 5.74) is 0.553. The lowest BCUT2D eigenvalue weighted by atomic mass is 10.1. The predicted molar refractivity (Wildman–Crippen MR) is 70.7 cm³/mol. The number of hydrogen-bond donors (Lipinski definition) is 0. The number of carbonyl (C=O) groups is 2. The van der Waals surface area contributed by atoms with Gasteiger partial charge in [0.15, 0.2) is 0 Å². The number of carbonyl (C=O) groups excluding carboxylic acids is 2. The number of ketones is 1.